The molecule has 1 saturated heterocycles. The number of hydrogen-bond acceptors (Lipinski definition) is 5. The minimum absolute atomic E-state index is 0.0947. The molecule has 0 radical (unpaired) electrons. The molecule has 10 heteroatoms. The number of carbonyl (C=O) groups is 2. The van der Waals surface area contributed by atoms with Crippen LogP contribution in [-0.4, -0.2) is 41.0 Å². The molecule has 3 heterocycles. The number of thiophene rings is 1. The number of carbonyl (C=O) groups excluding carboxylic acids is 2. The van der Waals surface area contributed by atoms with Crippen molar-refractivity contribution in [2.45, 2.75) is 18.9 Å². The van der Waals surface area contributed by atoms with Gasteiger partial charge in [0.1, 0.15) is 0 Å². The molecule has 1 fully saturated rings. The molecule has 1 aliphatic heterocycles. The van der Waals surface area contributed by atoms with Crippen molar-refractivity contribution in [3.63, 3.8) is 0 Å². The quantitative estimate of drug-likeness (QED) is 0.549. The number of ether oxygens (including phenoxy) is 1. The smallest absolute Gasteiger partial charge is 0.323 e. The average molecular weight is 446 g/mol. The highest BCUT2D eigenvalue weighted by Gasteiger charge is 2.18. The van der Waals surface area contributed by atoms with E-state index < -0.39 is 6.03 Å². The molecular formula is C20H20ClN5O3S. The van der Waals surface area contributed by atoms with Crippen molar-refractivity contribution in [2.24, 2.45) is 0 Å². The highest BCUT2D eigenvalue weighted by molar-refractivity contribution is 7.12. The first-order valence-corrected chi connectivity index (χ1v) is 10.7. The molecule has 4 rings (SSSR count). The van der Waals surface area contributed by atoms with Crippen molar-refractivity contribution in [3.05, 3.63) is 58.0 Å². The fourth-order valence-electron chi connectivity index (χ4n) is 3.04. The Labute approximate surface area is 182 Å². The Morgan fingerprint density at radius 2 is 2.00 bits per heavy atom. The largest absolute Gasteiger partial charge is 0.381 e. The first-order chi connectivity index (χ1) is 14.6. The summed E-state index contributed by atoms with van der Waals surface area (Å²) in [6.07, 6.45) is 4.86. The summed E-state index contributed by atoms with van der Waals surface area (Å²) in [5, 5.41) is 15.0. The molecule has 8 nitrogen and oxygen atoms in total. The molecule has 156 valence electrons. The van der Waals surface area contributed by atoms with E-state index in [-0.39, 0.29) is 11.9 Å². The number of halogens is 1. The van der Waals surface area contributed by atoms with E-state index in [2.05, 4.69) is 21.0 Å². The monoisotopic (exact) mass is 445 g/mol. The number of nitrogens with one attached hydrogen (secondary N) is 3. The fourth-order valence-corrected chi connectivity index (χ4v) is 4.00. The molecule has 0 atom stereocenters. The number of hydrogen-bond donors (Lipinski definition) is 3. The predicted molar refractivity (Wildman–Crippen MR) is 117 cm³/mol. The normalized spacial score (nSPS) is 14.3. The zero-order valence-corrected chi connectivity index (χ0v) is 17.5. The van der Waals surface area contributed by atoms with Crippen LogP contribution in [0.3, 0.4) is 0 Å². The summed E-state index contributed by atoms with van der Waals surface area (Å²) in [4.78, 5) is 25.3. The van der Waals surface area contributed by atoms with E-state index in [4.69, 9.17) is 16.3 Å². The second kappa shape index (κ2) is 9.29. The number of anilines is 2. The number of nitrogens with zero attached hydrogens (tertiary/aromatic N) is 2. The van der Waals surface area contributed by atoms with E-state index in [1.54, 1.807) is 41.2 Å². The van der Waals surface area contributed by atoms with Crippen molar-refractivity contribution in [2.75, 3.05) is 23.8 Å². The van der Waals surface area contributed by atoms with Crippen LogP contribution in [0.2, 0.25) is 5.02 Å². The summed E-state index contributed by atoms with van der Waals surface area (Å²) in [7, 11) is 0. The van der Waals surface area contributed by atoms with Crippen LogP contribution in [0.1, 0.15) is 22.5 Å². The van der Waals surface area contributed by atoms with Gasteiger partial charge in [0.05, 0.1) is 39.4 Å². The first-order valence-electron chi connectivity index (χ1n) is 9.43. The van der Waals surface area contributed by atoms with Crippen LogP contribution < -0.4 is 16.0 Å². The van der Waals surface area contributed by atoms with Gasteiger partial charge in [-0.05, 0) is 31.0 Å². The Kier molecular flexibility index (Phi) is 6.32. The van der Waals surface area contributed by atoms with Crippen LogP contribution in [0.5, 0.6) is 0 Å². The lowest BCUT2D eigenvalue weighted by atomic mass is 10.1. The maximum absolute atomic E-state index is 12.5. The lowest BCUT2D eigenvalue weighted by molar-refractivity contribution is 0.0698. The molecule has 1 aromatic carbocycles. The summed E-state index contributed by atoms with van der Waals surface area (Å²) in [5.74, 6) is -0.0947. The SMILES string of the molecule is O=C(Nc1cnn(-c2csc(C(=O)NC3CCOCC3)c2)c1)Nc1ccccc1Cl. The molecule has 0 saturated carbocycles. The van der Waals surface area contributed by atoms with E-state index in [9.17, 15) is 9.59 Å². The average Bonchev–Trinajstić information content (AvgIpc) is 3.40. The lowest BCUT2D eigenvalue weighted by Gasteiger charge is -2.22. The second-order valence-electron chi connectivity index (χ2n) is 6.76. The number of aromatic nitrogens is 2. The molecular weight excluding hydrogens is 426 g/mol. The third-order valence-electron chi connectivity index (χ3n) is 4.59. The molecule has 0 bridgehead atoms. The molecule has 0 unspecified atom stereocenters. The van der Waals surface area contributed by atoms with Gasteiger partial charge >= 0.3 is 6.03 Å². The van der Waals surface area contributed by atoms with Crippen LogP contribution in [0.4, 0.5) is 16.2 Å². The van der Waals surface area contributed by atoms with Crippen molar-refractivity contribution < 1.29 is 14.3 Å². The van der Waals surface area contributed by atoms with Gasteiger partial charge in [0.15, 0.2) is 0 Å². The Balaban J connectivity index is 1.36. The second-order valence-corrected chi connectivity index (χ2v) is 8.08. The Hall–Kier alpha value is -2.88. The van der Waals surface area contributed by atoms with Crippen molar-refractivity contribution in [1.82, 2.24) is 15.1 Å². The van der Waals surface area contributed by atoms with Crippen LogP contribution in [0.25, 0.3) is 5.69 Å². The minimum Gasteiger partial charge on any atom is -0.381 e. The molecule has 3 aromatic rings. The van der Waals surface area contributed by atoms with E-state index in [0.717, 1.165) is 18.5 Å². The van der Waals surface area contributed by atoms with Gasteiger partial charge in [-0.25, -0.2) is 9.48 Å². The summed E-state index contributed by atoms with van der Waals surface area (Å²) in [5.41, 5.74) is 1.78. The van der Waals surface area contributed by atoms with Gasteiger partial charge in [0.2, 0.25) is 0 Å². The van der Waals surface area contributed by atoms with Crippen molar-refractivity contribution in [1.29, 1.82) is 0 Å². The van der Waals surface area contributed by atoms with Gasteiger partial charge in [0, 0.05) is 24.6 Å². The standard InChI is InChI=1S/C20H20ClN5O3S/c21-16-3-1-2-4-17(16)25-20(28)24-14-10-22-26(11-14)15-9-18(30-12-15)19(27)23-13-5-7-29-8-6-13/h1-4,9-13H,5-8H2,(H,23,27)(H2,24,25,28). The lowest BCUT2D eigenvalue weighted by Crippen LogP contribution is -2.38. The Morgan fingerprint density at radius 1 is 1.20 bits per heavy atom. The summed E-state index contributed by atoms with van der Waals surface area (Å²) in [6, 6.07) is 8.48. The third kappa shape index (κ3) is 4.99. The van der Waals surface area contributed by atoms with E-state index in [0.29, 0.717) is 34.5 Å². The summed E-state index contributed by atoms with van der Waals surface area (Å²) < 4.78 is 6.92. The zero-order valence-electron chi connectivity index (χ0n) is 15.9. The highest BCUT2D eigenvalue weighted by Crippen LogP contribution is 2.22. The van der Waals surface area contributed by atoms with Gasteiger partial charge in [0.25, 0.3) is 5.91 Å². The van der Waals surface area contributed by atoms with Gasteiger partial charge in [-0.2, -0.15) is 5.10 Å². The van der Waals surface area contributed by atoms with Gasteiger partial charge in [-0.3, -0.25) is 4.79 Å². The predicted octanol–water partition coefficient (Wildman–Crippen LogP) is 4.14. The number of benzene rings is 1. The number of amides is 3. The van der Waals surface area contributed by atoms with E-state index in [1.807, 2.05) is 5.38 Å². The first kappa shape index (κ1) is 20.4. The Morgan fingerprint density at radius 3 is 2.80 bits per heavy atom. The van der Waals surface area contributed by atoms with Crippen LogP contribution >= 0.6 is 22.9 Å². The minimum atomic E-state index is -0.426. The van der Waals surface area contributed by atoms with E-state index >= 15 is 0 Å². The zero-order chi connectivity index (χ0) is 20.9. The third-order valence-corrected chi connectivity index (χ3v) is 5.84. The molecule has 2 aromatic heterocycles. The van der Waals surface area contributed by atoms with Crippen LogP contribution in [0, 0.1) is 0 Å². The molecule has 3 N–H and O–H groups in total. The molecule has 1 aliphatic rings. The van der Waals surface area contributed by atoms with Gasteiger partial charge in [-0.15, -0.1) is 11.3 Å². The van der Waals surface area contributed by atoms with Gasteiger partial charge in [-0.1, -0.05) is 23.7 Å². The van der Waals surface area contributed by atoms with Crippen LogP contribution in [-0.2, 0) is 4.74 Å². The van der Waals surface area contributed by atoms with E-state index in [1.165, 1.54) is 17.5 Å². The highest BCUT2D eigenvalue weighted by atomic mass is 35.5. The topological polar surface area (TPSA) is 97.3 Å². The maximum Gasteiger partial charge on any atom is 0.323 e. The maximum atomic E-state index is 12.5. The number of urea groups is 1. The molecule has 0 aliphatic carbocycles. The molecule has 30 heavy (non-hydrogen) atoms. The van der Waals surface area contributed by atoms with Crippen molar-refractivity contribution >= 4 is 46.3 Å². The number of para-hydroxylation sites is 1. The fraction of sp³-hybridized carbons (Fsp3) is 0.250. The summed E-state index contributed by atoms with van der Waals surface area (Å²) >= 11 is 7.40. The summed E-state index contributed by atoms with van der Waals surface area (Å²) in [6.45, 7) is 1.35. The molecule has 3 amide bonds. The van der Waals surface area contributed by atoms with Crippen molar-refractivity contribution in [3.8, 4) is 5.69 Å². The molecule has 0 spiro atoms. The Bertz CT molecular complexity index is 1040. The van der Waals surface area contributed by atoms with Crippen LogP contribution in [0.15, 0.2) is 48.1 Å². The number of rotatable bonds is 5. The van der Waals surface area contributed by atoms with Gasteiger partial charge < -0.3 is 20.7 Å².